The molecule has 9 heteroatoms. The number of rotatable bonds is 10. The van der Waals surface area contributed by atoms with Gasteiger partial charge >= 0.3 is 6.03 Å². The number of carbonyl (C=O) groups is 3. The second-order valence-electron chi connectivity index (χ2n) is 12.8. The number of hydrogen-bond donors (Lipinski definition) is 2. The van der Waals surface area contributed by atoms with Crippen molar-refractivity contribution < 1.29 is 24.6 Å². The molecule has 0 saturated carbocycles. The summed E-state index contributed by atoms with van der Waals surface area (Å²) in [5.74, 6) is -0.320. The van der Waals surface area contributed by atoms with E-state index < -0.39 is 24.3 Å². The third-order valence-corrected chi connectivity index (χ3v) is 8.87. The van der Waals surface area contributed by atoms with Crippen LogP contribution in [0.15, 0.2) is 109 Å². The van der Waals surface area contributed by atoms with Crippen molar-refractivity contribution >= 4 is 17.8 Å². The van der Waals surface area contributed by atoms with Crippen LogP contribution in [0.4, 0.5) is 4.79 Å². The molecule has 4 aromatic rings. The fourth-order valence-corrected chi connectivity index (χ4v) is 6.33. The van der Waals surface area contributed by atoms with Crippen LogP contribution in [-0.4, -0.2) is 100 Å². The first-order chi connectivity index (χ1) is 23.0. The number of hydrogen-bond acceptors (Lipinski definition) is 5. The predicted octanol–water partition coefficient (Wildman–Crippen LogP) is 4.47. The average Bonchev–Trinajstić information content (AvgIpc) is 3.15. The Labute approximate surface area is 282 Å². The molecule has 5 rings (SSSR count). The standard InChI is InChI=1S/C39H44N4O5/c1-40(2)37(46)31-19-11-17-29(21-31)25-42-33(23-27-13-7-5-8-14-27)35(44)36(45)34(24-28-15-9-6-10-16-28)43(39(42)48)26-30-18-12-20-32(22-30)38(47)41(3)4/h5-22,33-36,44-45H,23-26H2,1-4H3/t33-,34-,35+,36+/m1/s1. The minimum atomic E-state index is -1.29. The molecular weight excluding hydrogens is 604 g/mol. The Morgan fingerprint density at radius 1 is 0.562 bits per heavy atom. The van der Waals surface area contributed by atoms with Crippen molar-refractivity contribution in [1.82, 2.24) is 19.6 Å². The minimum Gasteiger partial charge on any atom is -0.388 e. The van der Waals surface area contributed by atoms with E-state index in [-0.39, 0.29) is 30.9 Å². The monoisotopic (exact) mass is 648 g/mol. The first kappa shape index (κ1) is 34.3. The van der Waals surface area contributed by atoms with Crippen molar-refractivity contribution in [2.75, 3.05) is 28.2 Å². The fraction of sp³-hybridized carbons (Fsp3) is 0.308. The fourth-order valence-electron chi connectivity index (χ4n) is 6.33. The Balaban J connectivity index is 1.60. The lowest BCUT2D eigenvalue weighted by Crippen LogP contribution is -2.50. The van der Waals surface area contributed by atoms with Crippen molar-refractivity contribution in [3.05, 3.63) is 143 Å². The number of nitrogens with zero attached hydrogens (tertiary/aromatic N) is 4. The highest BCUT2D eigenvalue weighted by atomic mass is 16.3. The molecule has 0 unspecified atom stereocenters. The van der Waals surface area contributed by atoms with Gasteiger partial charge in [-0.2, -0.15) is 0 Å². The van der Waals surface area contributed by atoms with E-state index in [1.165, 1.54) is 9.80 Å². The molecule has 0 aromatic heterocycles. The molecule has 4 amide bonds. The van der Waals surface area contributed by atoms with Crippen molar-refractivity contribution in [1.29, 1.82) is 0 Å². The maximum Gasteiger partial charge on any atom is 0.321 e. The lowest BCUT2D eigenvalue weighted by Gasteiger charge is -2.36. The van der Waals surface area contributed by atoms with Crippen LogP contribution in [-0.2, 0) is 25.9 Å². The van der Waals surface area contributed by atoms with Gasteiger partial charge in [-0.05, 0) is 59.4 Å². The quantitative estimate of drug-likeness (QED) is 0.264. The summed E-state index contributed by atoms with van der Waals surface area (Å²) in [4.78, 5) is 46.9. The lowest BCUT2D eigenvalue weighted by molar-refractivity contribution is -0.0408. The van der Waals surface area contributed by atoms with Gasteiger partial charge in [0.25, 0.3) is 11.8 Å². The molecular formula is C39H44N4O5. The van der Waals surface area contributed by atoms with Crippen LogP contribution in [0.2, 0.25) is 0 Å². The molecule has 1 saturated heterocycles. The van der Waals surface area contributed by atoms with Gasteiger partial charge in [-0.3, -0.25) is 9.59 Å². The Kier molecular flexibility index (Phi) is 10.9. The maximum atomic E-state index is 15.0. The summed E-state index contributed by atoms with van der Waals surface area (Å²) < 4.78 is 0. The molecule has 0 spiro atoms. The molecule has 2 N–H and O–H groups in total. The number of amides is 4. The average molecular weight is 649 g/mol. The zero-order valence-electron chi connectivity index (χ0n) is 27.9. The highest BCUT2D eigenvalue weighted by molar-refractivity contribution is 5.94. The van der Waals surface area contributed by atoms with Gasteiger partial charge in [-0.1, -0.05) is 84.9 Å². The molecule has 48 heavy (non-hydrogen) atoms. The molecule has 0 aliphatic carbocycles. The highest BCUT2D eigenvalue weighted by Crippen LogP contribution is 2.30. The van der Waals surface area contributed by atoms with Gasteiger partial charge in [0, 0.05) is 52.4 Å². The third-order valence-electron chi connectivity index (χ3n) is 8.87. The first-order valence-electron chi connectivity index (χ1n) is 16.2. The normalized spacial score (nSPS) is 19.5. The van der Waals surface area contributed by atoms with E-state index in [4.69, 9.17) is 0 Å². The molecule has 4 atom stereocenters. The first-order valence-corrected chi connectivity index (χ1v) is 16.2. The molecule has 1 heterocycles. The van der Waals surface area contributed by atoms with Gasteiger partial charge < -0.3 is 29.8 Å². The summed E-state index contributed by atoms with van der Waals surface area (Å²) in [7, 11) is 6.75. The summed E-state index contributed by atoms with van der Waals surface area (Å²) in [6, 6.07) is 31.6. The molecule has 250 valence electrons. The van der Waals surface area contributed by atoms with Crippen LogP contribution in [0.25, 0.3) is 0 Å². The Morgan fingerprint density at radius 3 is 1.27 bits per heavy atom. The Morgan fingerprint density at radius 2 is 0.917 bits per heavy atom. The van der Waals surface area contributed by atoms with Crippen molar-refractivity contribution in [3.63, 3.8) is 0 Å². The summed E-state index contributed by atoms with van der Waals surface area (Å²) in [5, 5.41) is 24.0. The topological polar surface area (TPSA) is 105 Å². The van der Waals surface area contributed by atoms with Gasteiger partial charge in [-0.25, -0.2) is 4.79 Å². The van der Waals surface area contributed by atoms with E-state index >= 15 is 0 Å². The Hall–Kier alpha value is -4.99. The summed E-state index contributed by atoms with van der Waals surface area (Å²) >= 11 is 0. The number of urea groups is 1. The number of aliphatic hydroxyl groups is 2. The van der Waals surface area contributed by atoms with Crippen molar-refractivity contribution in [2.24, 2.45) is 0 Å². The highest BCUT2D eigenvalue weighted by Gasteiger charge is 2.46. The van der Waals surface area contributed by atoms with Crippen LogP contribution in [0.1, 0.15) is 43.0 Å². The second kappa shape index (κ2) is 15.3. The van der Waals surface area contributed by atoms with Crippen LogP contribution in [0, 0.1) is 0 Å². The largest absolute Gasteiger partial charge is 0.388 e. The molecule has 9 nitrogen and oxygen atoms in total. The summed E-state index contributed by atoms with van der Waals surface area (Å²) in [6.07, 6.45) is -1.97. The summed E-state index contributed by atoms with van der Waals surface area (Å²) in [5.41, 5.74) is 4.23. The zero-order chi connectivity index (χ0) is 34.4. The molecule has 4 aromatic carbocycles. The number of carbonyl (C=O) groups excluding carboxylic acids is 3. The third kappa shape index (κ3) is 7.93. The van der Waals surface area contributed by atoms with E-state index in [1.54, 1.807) is 74.4 Å². The van der Waals surface area contributed by atoms with E-state index in [0.717, 1.165) is 22.3 Å². The van der Waals surface area contributed by atoms with Crippen LogP contribution < -0.4 is 0 Å². The molecule has 1 fully saturated rings. The molecule has 0 bridgehead atoms. The van der Waals surface area contributed by atoms with Gasteiger partial charge in [0.1, 0.15) is 12.2 Å². The maximum absolute atomic E-state index is 15.0. The van der Waals surface area contributed by atoms with E-state index in [1.807, 2.05) is 72.8 Å². The number of benzene rings is 4. The van der Waals surface area contributed by atoms with Gasteiger partial charge in [0.2, 0.25) is 0 Å². The van der Waals surface area contributed by atoms with E-state index in [2.05, 4.69) is 0 Å². The van der Waals surface area contributed by atoms with Gasteiger partial charge in [0.15, 0.2) is 0 Å². The lowest BCUT2D eigenvalue weighted by atomic mass is 9.90. The zero-order valence-corrected chi connectivity index (χ0v) is 27.9. The summed E-state index contributed by atoms with van der Waals surface area (Å²) in [6.45, 7) is 0.199. The van der Waals surface area contributed by atoms with Crippen molar-refractivity contribution in [3.8, 4) is 0 Å². The van der Waals surface area contributed by atoms with Crippen LogP contribution in [0.3, 0.4) is 0 Å². The predicted molar refractivity (Wildman–Crippen MR) is 185 cm³/mol. The Bertz CT molecular complexity index is 1590. The molecule has 0 radical (unpaired) electrons. The van der Waals surface area contributed by atoms with Gasteiger partial charge in [-0.15, -0.1) is 0 Å². The number of aliphatic hydroxyl groups excluding tert-OH is 2. The van der Waals surface area contributed by atoms with E-state index in [9.17, 15) is 24.6 Å². The van der Waals surface area contributed by atoms with Gasteiger partial charge in [0.05, 0.1) is 12.1 Å². The van der Waals surface area contributed by atoms with Crippen LogP contribution >= 0.6 is 0 Å². The molecule has 1 aliphatic rings. The van der Waals surface area contributed by atoms with Crippen LogP contribution in [0.5, 0.6) is 0 Å². The minimum absolute atomic E-state index is 0.0996. The smallest absolute Gasteiger partial charge is 0.321 e. The SMILES string of the molecule is CN(C)C(=O)c1cccc(CN2C(=O)N(Cc3cccc(C(=O)N(C)C)c3)[C@H](Cc3ccccc3)[C@H](O)[C@@H](O)[C@H]2Cc2ccccc2)c1. The van der Waals surface area contributed by atoms with Crippen molar-refractivity contribution in [2.45, 2.75) is 50.2 Å². The van der Waals surface area contributed by atoms with E-state index in [0.29, 0.717) is 24.0 Å². The molecule has 1 aliphatic heterocycles. The second-order valence-corrected chi connectivity index (χ2v) is 12.8.